The normalized spacial score (nSPS) is 12.6. The molecule has 0 aliphatic rings. The number of rotatable bonds is 9. The zero-order valence-corrected chi connectivity index (χ0v) is 12.4. The van der Waals surface area contributed by atoms with Crippen LogP contribution in [0.25, 0.3) is 0 Å². The first-order valence-corrected chi connectivity index (χ1v) is 7.30. The van der Waals surface area contributed by atoms with Crippen molar-refractivity contribution in [3.05, 3.63) is 39.9 Å². The van der Waals surface area contributed by atoms with E-state index in [-0.39, 0.29) is 16.7 Å². The van der Waals surface area contributed by atoms with Crippen LogP contribution in [0.4, 0.5) is 5.69 Å². The Labute approximate surface area is 120 Å². The van der Waals surface area contributed by atoms with Crippen LogP contribution in [-0.2, 0) is 0 Å². The Morgan fingerprint density at radius 1 is 1.20 bits per heavy atom. The third kappa shape index (κ3) is 5.27. The van der Waals surface area contributed by atoms with Crippen molar-refractivity contribution in [2.45, 2.75) is 39.2 Å². The van der Waals surface area contributed by atoms with E-state index in [1.54, 1.807) is 12.1 Å². The molecule has 1 atom stereocenters. The average Bonchev–Trinajstić information content (AvgIpc) is 2.47. The van der Waals surface area contributed by atoms with Crippen LogP contribution in [0.2, 0.25) is 0 Å². The number of unbranched alkanes of at least 4 members (excludes halogenated alkanes) is 1. The van der Waals surface area contributed by atoms with E-state index in [9.17, 15) is 10.1 Å². The Bertz CT molecular complexity index is 402. The fourth-order valence-corrected chi connectivity index (χ4v) is 2.25. The SMILES string of the molecule is CCN(CC)CCCCC(N)c1ccc([N+](=O)[O-])cc1. The fraction of sp³-hybridized carbons (Fsp3) is 0.600. The minimum Gasteiger partial charge on any atom is -0.324 e. The molecule has 0 bridgehead atoms. The van der Waals surface area contributed by atoms with Crippen LogP contribution in [0, 0.1) is 10.1 Å². The monoisotopic (exact) mass is 279 g/mol. The van der Waals surface area contributed by atoms with Gasteiger partial charge >= 0.3 is 0 Å². The van der Waals surface area contributed by atoms with Gasteiger partial charge in [-0.25, -0.2) is 0 Å². The number of benzene rings is 1. The second kappa shape index (κ2) is 8.66. The van der Waals surface area contributed by atoms with Crippen molar-refractivity contribution < 1.29 is 4.92 Å². The molecule has 1 unspecified atom stereocenters. The van der Waals surface area contributed by atoms with Gasteiger partial charge in [0.15, 0.2) is 0 Å². The van der Waals surface area contributed by atoms with Gasteiger partial charge in [0.05, 0.1) is 4.92 Å². The van der Waals surface area contributed by atoms with Gasteiger partial charge in [-0.3, -0.25) is 10.1 Å². The third-order valence-electron chi connectivity index (χ3n) is 3.67. The van der Waals surface area contributed by atoms with E-state index in [1.807, 2.05) is 0 Å². The van der Waals surface area contributed by atoms with E-state index >= 15 is 0 Å². The summed E-state index contributed by atoms with van der Waals surface area (Å²) in [4.78, 5) is 12.6. The highest BCUT2D eigenvalue weighted by Crippen LogP contribution is 2.20. The molecule has 5 nitrogen and oxygen atoms in total. The number of hydrogen-bond acceptors (Lipinski definition) is 4. The van der Waals surface area contributed by atoms with Gasteiger partial charge in [-0.1, -0.05) is 32.4 Å². The molecule has 112 valence electrons. The summed E-state index contributed by atoms with van der Waals surface area (Å²) >= 11 is 0. The number of nitrogens with two attached hydrogens (primary N) is 1. The standard InChI is InChI=1S/C15H25N3O2/c1-3-17(4-2)12-6-5-7-15(16)13-8-10-14(11-9-13)18(19)20/h8-11,15H,3-7,12,16H2,1-2H3. The molecular weight excluding hydrogens is 254 g/mol. The van der Waals surface area contributed by atoms with Crippen LogP contribution >= 0.6 is 0 Å². The van der Waals surface area contributed by atoms with Crippen LogP contribution < -0.4 is 5.73 Å². The first-order chi connectivity index (χ1) is 9.58. The fourth-order valence-electron chi connectivity index (χ4n) is 2.25. The van der Waals surface area contributed by atoms with Crippen molar-refractivity contribution in [2.24, 2.45) is 5.73 Å². The molecule has 1 aromatic rings. The molecule has 0 aromatic heterocycles. The molecule has 0 spiro atoms. The van der Waals surface area contributed by atoms with Crippen LogP contribution in [0.5, 0.6) is 0 Å². The van der Waals surface area contributed by atoms with Gasteiger partial charge in [-0.05, 0) is 38.0 Å². The van der Waals surface area contributed by atoms with Crippen LogP contribution in [0.3, 0.4) is 0 Å². The molecule has 0 amide bonds. The summed E-state index contributed by atoms with van der Waals surface area (Å²) in [5, 5.41) is 10.6. The van der Waals surface area contributed by atoms with Gasteiger partial charge in [0, 0.05) is 18.2 Å². The Balaban J connectivity index is 2.35. The molecule has 1 aromatic carbocycles. The van der Waals surface area contributed by atoms with E-state index in [1.165, 1.54) is 12.1 Å². The van der Waals surface area contributed by atoms with Crippen molar-refractivity contribution in [2.75, 3.05) is 19.6 Å². The highest BCUT2D eigenvalue weighted by Gasteiger charge is 2.09. The molecule has 0 aliphatic heterocycles. The summed E-state index contributed by atoms with van der Waals surface area (Å²) in [5.41, 5.74) is 7.20. The predicted octanol–water partition coefficient (Wildman–Crippen LogP) is 3.11. The lowest BCUT2D eigenvalue weighted by Crippen LogP contribution is -2.24. The summed E-state index contributed by atoms with van der Waals surface area (Å²) in [6, 6.07) is 6.52. The second-order valence-electron chi connectivity index (χ2n) is 4.98. The molecule has 1 rings (SSSR count). The number of nitro groups is 1. The largest absolute Gasteiger partial charge is 0.324 e. The maximum atomic E-state index is 10.6. The number of nitrogens with zero attached hydrogens (tertiary/aromatic N) is 2. The van der Waals surface area contributed by atoms with Gasteiger partial charge in [0.1, 0.15) is 0 Å². The van der Waals surface area contributed by atoms with Gasteiger partial charge in [-0.2, -0.15) is 0 Å². The van der Waals surface area contributed by atoms with Crippen molar-refractivity contribution in [1.29, 1.82) is 0 Å². The molecule has 0 aliphatic carbocycles. The molecule has 20 heavy (non-hydrogen) atoms. The van der Waals surface area contributed by atoms with E-state index in [0.717, 1.165) is 44.5 Å². The summed E-state index contributed by atoms with van der Waals surface area (Å²) in [7, 11) is 0. The van der Waals surface area contributed by atoms with Crippen molar-refractivity contribution in [3.8, 4) is 0 Å². The van der Waals surface area contributed by atoms with Crippen molar-refractivity contribution >= 4 is 5.69 Å². The maximum absolute atomic E-state index is 10.6. The second-order valence-corrected chi connectivity index (χ2v) is 4.98. The van der Waals surface area contributed by atoms with E-state index in [4.69, 9.17) is 5.73 Å². The first kappa shape index (κ1) is 16.6. The summed E-state index contributed by atoms with van der Waals surface area (Å²) in [6.45, 7) is 7.63. The molecule has 0 saturated carbocycles. The van der Waals surface area contributed by atoms with Gasteiger partial charge < -0.3 is 10.6 Å². The lowest BCUT2D eigenvalue weighted by atomic mass is 10.0. The topological polar surface area (TPSA) is 72.4 Å². The van der Waals surface area contributed by atoms with Crippen LogP contribution in [0.15, 0.2) is 24.3 Å². The molecule has 0 radical (unpaired) electrons. The minimum atomic E-state index is -0.389. The van der Waals surface area contributed by atoms with Crippen molar-refractivity contribution in [3.63, 3.8) is 0 Å². The Kier molecular flexibility index (Phi) is 7.18. The molecule has 0 fully saturated rings. The Morgan fingerprint density at radius 3 is 2.30 bits per heavy atom. The molecule has 0 heterocycles. The van der Waals surface area contributed by atoms with Crippen LogP contribution in [0.1, 0.15) is 44.7 Å². The van der Waals surface area contributed by atoms with Gasteiger partial charge in [0.25, 0.3) is 5.69 Å². The highest BCUT2D eigenvalue weighted by molar-refractivity contribution is 5.34. The molecule has 5 heteroatoms. The summed E-state index contributed by atoms with van der Waals surface area (Å²) in [5.74, 6) is 0. The first-order valence-electron chi connectivity index (χ1n) is 7.30. The van der Waals surface area contributed by atoms with Crippen molar-refractivity contribution in [1.82, 2.24) is 4.90 Å². The minimum absolute atomic E-state index is 0.0347. The van der Waals surface area contributed by atoms with E-state index in [2.05, 4.69) is 18.7 Å². The van der Waals surface area contributed by atoms with Gasteiger partial charge in [-0.15, -0.1) is 0 Å². The smallest absolute Gasteiger partial charge is 0.269 e. The quantitative estimate of drug-likeness (QED) is 0.428. The number of hydrogen-bond donors (Lipinski definition) is 1. The third-order valence-corrected chi connectivity index (χ3v) is 3.67. The molecule has 2 N–H and O–H groups in total. The van der Waals surface area contributed by atoms with Crippen LogP contribution in [-0.4, -0.2) is 29.5 Å². The number of non-ortho nitro benzene ring substituents is 1. The maximum Gasteiger partial charge on any atom is 0.269 e. The molecular formula is C15H25N3O2. The van der Waals surface area contributed by atoms with Gasteiger partial charge in [0.2, 0.25) is 0 Å². The molecule has 0 saturated heterocycles. The average molecular weight is 279 g/mol. The van der Waals surface area contributed by atoms with E-state index < -0.39 is 0 Å². The number of nitro benzene ring substituents is 1. The summed E-state index contributed by atoms with van der Waals surface area (Å²) < 4.78 is 0. The summed E-state index contributed by atoms with van der Waals surface area (Å²) in [6.07, 6.45) is 3.14. The highest BCUT2D eigenvalue weighted by atomic mass is 16.6. The zero-order chi connectivity index (χ0) is 15.0. The van der Waals surface area contributed by atoms with E-state index in [0.29, 0.717) is 0 Å². The zero-order valence-electron chi connectivity index (χ0n) is 12.4. The predicted molar refractivity (Wildman–Crippen MR) is 81.7 cm³/mol. The Hall–Kier alpha value is -1.46. The lowest BCUT2D eigenvalue weighted by molar-refractivity contribution is -0.384. The Morgan fingerprint density at radius 2 is 1.80 bits per heavy atom. The lowest BCUT2D eigenvalue weighted by Gasteiger charge is -2.18.